The smallest absolute Gasteiger partial charge is 0.291 e. The number of hydrogen-bond acceptors (Lipinski definition) is 7. The van der Waals surface area contributed by atoms with Crippen LogP contribution in [0, 0.1) is 0 Å². The third-order valence-corrected chi connectivity index (χ3v) is 5.89. The second kappa shape index (κ2) is 6.52. The van der Waals surface area contributed by atoms with E-state index in [9.17, 15) is 4.79 Å². The SMILES string of the molecule is Cn1ccc(Cn2ncc3c4sc(Cc5cccc(N)n5)nc4n(C)c3c2=O)n1. The number of nitrogens with two attached hydrogens (primary N) is 1. The Bertz CT molecular complexity index is 1420. The van der Waals surface area contributed by atoms with Gasteiger partial charge in [0.05, 0.1) is 23.1 Å². The molecule has 0 aliphatic rings. The van der Waals surface area contributed by atoms with Crippen LogP contribution in [-0.4, -0.2) is 34.1 Å². The molecule has 5 aromatic heterocycles. The largest absolute Gasteiger partial charge is 0.384 e. The maximum absolute atomic E-state index is 13.0. The van der Waals surface area contributed by atoms with Gasteiger partial charge in [-0.05, 0) is 18.2 Å². The van der Waals surface area contributed by atoms with Gasteiger partial charge in [-0.2, -0.15) is 10.2 Å². The highest BCUT2D eigenvalue weighted by Gasteiger charge is 2.18. The molecule has 0 aromatic carbocycles. The van der Waals surface area contributed by atoms with Crippen molar-refractivity contribution < 1.29 is 0 Å². The lowest BCUT2D eigenvalue weighted by atomic mass is 10.3. The molecule has 0 bridgehead atoms. The van der Waals surface area contributed by atoms with Crippen LogP contribution in [0.3, 0.4) is 0 Å². The van der Waals surface area contributed by atoms with Crippen LogP contribution >= 0.6 is 11.3 Å². The number of nitrogens with zero attached hydrogens (tertiary/aromatic N) is 7. The third kappa shape index (κ3) is 2.97. The van der Waals surface area contributed by atoms with Gasteiger partial charge >= 0.3 is 0 Å². The fourth-order valence-corrected chi connectivity index (χ4v) is 4.59. The molecule has 5 aromatic rings. The summed E-state index contributed by atoms with van der Waals surface area (Å²) in [6.45, 7) is 0.328. The summed E-state index contributed by atoms with van der Waals surface area (Å²) in [7, 11) is 3.70. The van der Waals surface area contributed by atoms with E-state index in [1.165, 1.54) is 4.68 Å². The summed E-state index contributed by atoms with van der Waals surface area (Å²) in [6, 6.07) is 7.45. The Labute approximate surface area is 169 Å². The van der Waals surface area contributed by atoms with Crippen molar-refractivity contribution in [1.82, 2.24) is 34.1 Å². The Hall–Kier alpha value is -3.53. The molecule has 0 saturated carbocycles. The molecule has 10 heteroatoms. The molecule has 0 saturated heterocycles. The van der Waals surface area contributed by atoms with Crippen molar-refractivity contribution in [3.63, 3.8) is 0 Å². The fraction of sp³-hybridized carbons (Fsp3) is 0.211. The summed E-state index contributed by atoms with van der Waals surface area (Å²) in [5.74, 6) is 0.492. The second-order valence-corrected chi connectivity index (χ2v) is 7.98. The van der Waals surface area contributed by atoms with Crippen LogP contribution in [0.25, 0.3) is 21.3 Å². The van der Waals surface area contributed by atoms with E-state index < -0.39 is 0 Å². The number of rotatable bonds is 4. The molecule has 0 aliphatic heterocycles. The zero-order valence-electron chi connectivity index (χ0n) is 15.9. The molecular formula is C19H18N8OS. The van der Waals surface area contributed by atoms with E-state index in [4.69, 9.17) is 10.7 Å². The van der Waals surface area contributed by atoms with Crippen LogP contribution in [-0.2, 0) is 27.1 Å². The van der Waals surface area contributed by atoms with Crippen LogP contribution < -0.4 is 11.3 Å². The van der Waals surface area contributed by atoms with E-state index >= 15 is 0 Å². The highest BCUT2D eigenvalue weighted by Crippen LogP contribution is 2.31. The maximum atomic E-state index is 13.0. The molecule has 9 nitrogen and oxygen atoms in total. The fourth-order valence-electron chi connectivity index (χ4n) is 3.47. The first kappa shape index (κ1) is 17.6. The second-order valence-electron chi connectivity index (χ2n) is 6.90. The monoisotopic (exact) mass is 406 g/mol. The number of anilines is 1. The van der Waals surface area contributed by atoms with Gasteiger partial charge in [-0.1, -0.05) is 6.07 Å². The summed E-state index contributed by atoms with van der Waals surface area (Å²) in [5.41, 5.74) is 8.64. The van der Waals surface area contributed by atoms with Gasteiger partial charge in [0.25, 0.3) is 5.56 Å². The van der Waals surface area contributed by atoms with Crippen LogP contribution in [0.5, 0.6) is 0 Å². The van der Waals surface area contributed by atoms with Crippen LogP contribution in [0.2, 0.25) is 0 Å². The highest BCUT2D eigenvalue weighted by atomic mass is 32.1. The molecule has 0 amide bonds. The van der Waals surface area contributed by atoms with Crippen molar-refractivity contribution in [2.24, 2.45) is 14.1 Å². The molecule has 5 heterocycles. The standard InChI is InChI=1S/C19H18N8OS/c1-25-7-6-12(24-25)10-27-19(28)16-13(9-21-27)17-18(26(16)2)23-15(29-17)8-11-4-3-5-14(20)22-11/h3-7,9H,8,10H2,1-2H3,(H2,20,22). The Balaban J connectivity index is 1.56. The maximum Gasteiger partial charge on any atom is 0.291 e. The van der Waals surface area contributed by atoms with Crippen LogP contribution in [0.4, 0.5) is 5.82 Å². The minimum absolute atomic E-state index is 0.153. The highest BCUT2D eigenvalue weighted by molar-refractivity contribution is 7.19. The van der Waals surface area contributed by atoms with Gasteiger partial charge in [-0.3, -0.25) is 9.48 Å². The van der Waals surface area contributed by atoms with E-state index in [2.05, 4.69) is 15.2 Å². The van der Waals surface area contributed by atoms with Gasteiger partial charge < -0.3 is 10.3 Å². The summed E-state index contributed by atoms with van der Waals surface area (Å²) < 4.78 is 5.94. The summed E-state index contributed by atoms with van der Waals surface area (Å²) in [5, 5.41) is 10.4. The first-order valence-corrected chi connectivity index (χ1v) is 9.85. The molecule has 29 heavy (non-hydrogen) atoms. The number of hydrogen-bond donors (Lipinski definition) is 1. The van der Waals surface area contributed by atoms with E-state index in [0.717, 1.165) is 32.1 Å². The summed E-state index contributed by atoms with van der Waals surface area (Å²) in [4.78, 5) is 22.1. The van der Waals surface area contributed by atoms with Gasteiger partial charge in [-0.25, -0.2) is 14.6 Å². The Morgan fingerprint density at radius 2 is 2.00 bits per heavy atom. The number of nitrogen functional groups attached to an aromatic ring is 1. The first-order chi connectivity index (χ1) is 14.0. The Morgan fingerprint density at radius 1 is 1.14 bits per heavy atom. The van der Waals surface area contributed by atoms with E-state index in [0.29, 0.717) is 24.3 Å². The van der Waals surface area contributed by atoms with Crippen molar-refractivity contribution in [1.29, 1.82) is 0 Å². The summed E-state index contributed by atoms with van der Waals surface area (Å²) >= 11 is 1.55. The van der Waals surface area contributed by atoms with Crippen LogP contribution in [0.1, 0.15) is 16.4 Å². The van der Waals surface area contributed by atoms with Gasteiger partial charge in [0.15, 0.2) is 5.65 Å². The number of thiazole rings is 1. The molecular weight excluding hydrogens is 388 g/mol. The predicted molar refractivity (Wildman–Crippen MR) is 112 cm³/mol. The molecule has 0 radical (unpaired) electrons. The Morgan fingerprint density at radius 3 is 2.76 bits per heavy atom. The topological polar surface area (TPSA) is 109 Å². The summed E-state index contributed by atoms with van der Waals surface area (Å²) in [6.07, 6.45) is 4.18. The quantitative estimate of drug-likeness (QED) is 0.486. The zero-order chi connectivity index (χ0) is 20.1. The van der Waals surface area contributed by atoms with Gasteiger partial charge in [-0.15, -0.1) is 11.3 Å². The van der Waals surface area contributed by atoms with E-state index in [1.54, 1.807) is 28.3 Å². The molecule has 5 rings (SSSR count). The first-order valence-electron chi connectivity index (χ1n) is 9.03. The van der Waals surface area contributed by atoms with E-state index in [-0.39, 0.29) is 5.56 Å². The lowest BCUT2D eigenvalue weighted by Crippen LogP contribution is -2.24. The van der Waals surface area contributed by atoms with Gasteiger partial charge in [0.2, 0.25) is 0 Å². The lowest BCUT2D eigenvalue weighted by Gasteiger charge is -2.04. The van der Waals surface area contributed by atoms with Crippen LogP contribution in [0.15, 0.2) is 41.5 Å². The number of aromatic nitrogens is 7. The minimum atomic E-state index is -0.153. The molecule has 0 unspecified atom stereocenters. The average molecular weight is 406 g/mol. The zero-order valence-corrected chi connectivity index (χ0v) is 16.7. The van der Waals surface area contributed by atoms with Crippen molar-refractivity contribution in [2.45, 2.75) is 13.0 Å². The minimum Gasteiger partial charge on any atom is -0.384 e. The molecule has 0 aliphatic carbocycles. The predicted octanol–water partition coefficient (Wildman–Crippen LogP) is 1.69. The number of aryl methyl sites for hydroxylation is 2. The molecule has 0 atom stereocenters. The molecule has 0 fully saturated rings. The normalized spacial score (nSPS) is 11.7. The number of fused-ring (bicyclic) bond motifs is 3. The Kier molecular flexibility index (Phi) is 3.95. The van der Waals surface area contributed by atoms with E-state index in [1.807, 2.05) is 43.1 Å². The molecule has 0 spiro atoms. The van der Waals surface area contributed by atoms with Crippen molar-refractivity contribution in [3.05, 3.63) is 63.4 Å². The van der Waals surface area contributed by atoms with Gasteiger partial charge in [0, 0.05) is 37.8 Å². The van der Waals surface area contributed by atoms with Crippen molar-refractivity contribution in [3.8, 4) is 0 Å². The molecule has 2 N–H and O–H groups in total. The van der Waals surface area contributed by atoms with Crippen molar-refractivity contribution in [2.75, 3.05) is 5.73 Å². The van der Waals surface area contributed by atoms with Gasteiger partial charge in [0.1, 0.15) is 16.3 Å². The third-order valence-electron chi connectivity index (χ3n) is 4.81. The molecule has 146 valence electrons. The number of pyridine rings is 1. The van der Waals surface area contributed by atoms with Crippen molar-refractivity contribution >= 4 is 38.4 Å². The lowest BCUT2D eigenvalue weighted by molar-refractivity contribution is 0.619. The average Bonchev–Trinajstić information content (AvgIpc) is 3.34.